The summed E-state index contributed by atoms with van der Waals surface area (Å²) in [5.41, 5.74) is 7.35. The van der Waals surface area contributed by atoms with Crippen molar-refractivity contribution in [3.8, 4) is 5.75 Å². The van der Waals surface area contributed by atoms with Crippen molar-refractivity contribution >= 4 is 0 Å². The summed E-state index contributed by atoms with van der Waals surface area (Å²) in [5, 5.41) is 10.2. The highest BCUT2D eigenvalue weighted by Crippen LogP contribution is 2.26. The summed E-state index contributed by atoms with van der Waals surface area (Å²) < 4.78 is 5.77. The van der Waals surface area contributed by atoms with Crippen molar-refractivity contribution in [3.63, 3.8) is 0 Å². The molecule has 1 atom stereocenters. The summed E-state index contributed by atoms with van der Waals surface area (Å²) in [6.45, 7) is 8.21. The van der Waals surface area contributed by atoms with Crippen LogP contribution in [-0.4, -0.2) is 17.3 Å². The lowest BCUT2D eigenvalue weighted by Gasteiger charge is -2.26. The Labute approximate surface area is 110 Å². The summed E-state index contributed by atoms with van der Waals surface area (Å²) in [5.74, 6) is 0.774. The quantitative estimate of drug-likeness (QED) is 0.817. The lowest BCUT2D eigenvalue weighted by molar-refractivity contribution is -0.0116. The summed E-state index contributed by atoms with van der Waals surface area (Å²) in [4.78, 5) is 0. The molecule has 0 aromatic heterocycles. The van der Waals surface area contributed by atoms with Gasteiger partial charge in [0, 0.05) is 11.6 Å². The smallest absolute Gasteiger partial charge is 0.124 e. The van der Waals surface area contributed by atoms with Gasteiger partial charge in [-0.15, -0.1) is 0 Å². The predicted molar refractivity (Wildman–Crippen MR) is 74.8 cm³/mol. The van der Waals surface area contributed by atoms with Crippen molar-refractivity contribution in [2.24, 2.45) is 5.73 Å². The first-order valence-corrected chi connectivity index (χ1v) is 6.63. The van der Waals surface area contributed by atoms with Crippen LogP contribution in [0.5, 0.6) is 5.75 Å². The third-order valence-corrected chi connectivity index (χ3v) is 3.47. The van der Waals surface area contributed by atoms with Gasteiger partial charge in [-0.1, -0.05) is 31.5 Å². The molecule has 0 spiro atoms. The van der Waals surface area contributed by atoms with Crippen molar-refractivity contribution in [3.05, 3.63) is 29.3 Å². The van der Waals surface area contributed by atoms with Crippen molar-refractivity contribution in [2.45, 2.75) is 52.2 Å². The van der Waals surface area contributed by atoms with E-state index in [4.69, 9.17) is 10.5 Å². The number of hydrogen-bond acceptors (Lipinski definition) is 3. The monoisotopic (exact) mass is 251 g/mol. The number of aryl methyl sites for hydroxylation is 1. The maximum Gasteiger partial charge on any atom is 0.124 e. The number of ether oxygens (including phenoxy) is 1. The first kappa shape index (κ1) is 15.0. The molecule has 3 N–H and O–H groups in total. The Hall–Kier alpha value is -1.06. The minimum atomic E-state index is -0.750. The van der Waals surface area contributed by atoms with E-state index in [0.29, 0.717) is 19.4 Å². The molecule has 3 nitrogen and oxygen atoms in total. The molecule has 0 bridgehead atoms. The molecule has 0 saturated carbocycles. The Morgan fingerprint density at radius 1 is 1.33 bits per heavy atom. The molecule has 18 heavy (non-hydrogen) atoms. The third kappa shape index (κ3) is 3.72. The molecule has 0 radical (unpaired) electrons. The van der Waals surface area contributed by atoms with E-state index in [9.17, 15) is 5.11 Å². The number of rotatable bonds is 6. The van der Waals surface area contributed by atoms with Crippen LogP contribution in [0.25, 0.3) is 0 Å². The van der Waals surface area contributed by atoms with E-state index in [2.05, 4.69) is 0 Å². The molecule has 0 amide bonds. The zero-order chi connectivity index (χ0) is 13.8. The Kier molecular flexibility index (Phi) is 5.17. The second kappa shape index (κ2) is 6.21. The van der Waals surface area contributed by atoms with Crippen molar-refractivity contribution in [1.29, 1.82) is 0 Å². The summed E-state index contributed by atoms with van der Waals surface area (Å²) >= 11 is 0. The van der Waals surface area contributed by atoms with Crippen LogP contribution in [0.4, 0.5) is 0 Å². The fourth-order valence-electron chi connectivity index (χ4n) is 1.82. The molecule has 3 heteroatoms. The van der Waals surface area contributed by atoms with Gasteiger partial charge in [-0.2, -0.15) is 0 Å². The zero-order valence-electron chi connectivity index (χ0n) is 11.9. The molecule has 0 heterocycles. The number of benzene rings is 1. The topological polar surface area (TPSA) is 55.5 Å². The van der Waals surface area contributed by atoms with E-state index in [1.165, 1.54) is 0 Å². The van der Waals surface area contributed by atoms with E-state index >= 15 is 0 Å². The second-order valence-electron chi connectivity index (χ2n) is 5.05. The van der Waals surface area contributed by atoms with Gasteiger partial charge in [-0.05, 0) is 32.8 Å². The van der Waals surface area contributed by atoms with Gasteiger partial charge in [0.2, 0.25) is 0 Å². The predicted octanol–water partition coefficient (Wildman–Crippen LogP) is 2.94. The summed E-state index contributed by atoms with van der Waals surface area (Å²) in [7, 11) is 0. The van der Waals surface area contributed by atoms with Crippen LogP contribution in [0.3, 0.4) is 0 Å². The molecular formula is C15H25NO2. The highest BCUT2D eigenvalue weighted by atomic mass is 16.5. The van der Waals surface area contributed by atoms with Crippen LogP contribution in [0.1, 0.15) is 50.8 Å². The van der Waals surface area contributed by atoms with Crippen LogP contribution in [0, 0.1) is 6.92 Å². The van der Waals surface area contributed by atoms with Crippen LogP contribution in [-0.2, 0) is 0 Å². The standard InChI is InChI=1S/C15H25NO2/c1-5-15(17,6-2)10-18-14-8-7-11(3)9-13(14)12(4)16/h7-9,12,17H,5-6,10,16H2,1-4H3/t12-/m1/s1. The minimum absolute atomic E-state index is 0.0729. The molecule has 0 aliphatic rings. The van der Waals surface area contributed by atoms with Gasteiger partial charge in [0.15, 0.2) is 0 Å². The Bertz CT molecular complexity index is 384. The number of aliphatic hydroxyl groups is 1. The average molecular weight is 251 g/mol. The SMILES string of the molecule is CCC(O)(CC)COc1ccc(C)cc1[C@@H](C)N. The largest absolute Gasteiger partial charge is 0.490 e. The van der Waals surface area contributed by atoms with Gasteiger partial charge in [0.05, 0.1) is 5.60 Å². The van der Waals surface area contributed by atoms with Gasteiger partial charge in [-0.3, -0.25) is 0 Å². The molecule has 0 unspecified atom stereocenters. The van der Waals surface area contributed by atoms with E-state index in [-0.39, 0.29) is 6.04 Å². The highest BCUT2D eigenvalue weighted by molar-refractivity contribution is 5.38. The molecule has 0 saturated heterocycles. The van der Waals surface area contributed by atoms with Crippen molar-refractivity contribution < 1.29 is 9.84 Å². The van der Waals surface area contributed by atoms with Crippen LogP contribution < -0.4 is 10.5 Å². The van der Waals surface area contributed by atoms with Gasteiger partial charge in [-0.25, -0.2) is 0 Å². The number of nitrogens with two attached hydrogens (primary N) is 1. The lowest BCUT2D eigenvalue weighted by Crippen LogP contribution is -2.34. The number of hydrogen-bond donors (Lipinski definition) is 2. The van der Waals surface area contributed by atoms with Crippen molar-refractivity contribution in [1.82, 2.24) is 0 Å². The molecule has 1 rings (SSSR count). The van der Waals surface area contributed by atoms with Crippen molar-refractivity contribution in [2.75, 3.05) is 6.61 Å². The minimum Gasteiger partial charge on any atom is -0.490 e. The molecule has 102 valence electrons. The van der Waals surface area contributed by atoms with Crippen LogP contribution >= 0.6 is 0 Å². The Balaban J connectivity index is 2.85. The van der Waals surface area contributed by atoms with E-state index in [0.717, 1.165) is 16.9 Å². The summed E-state index contributed by atoms with van der Waals surface area (Å²) in [6.07, 6.45) is 1.37. The van der Waals surface area contributed by atoms with E-state index < -0.39 is 5.60 Å². The molecular weight excluding hydrogens is 226 g/mol. The Morgan fingerprint density at radius 2 is 1.94 bits per heavy atom. The highest BCUT2D eigenvalue weighted by Gasteiger charge is 2.23. The zero-order valence-corrected chi connectivity index (χ0v) is 11.9. The average Bonchev–Trinajstić information content (AvgIpc) is 2.36. The first-order chi connectivity index (χ1) is 8.41. The maximum atomic E-state index is 10.2. The van der Waals surface area contributed by atoms with Gasteiger partial charge >= 0.3 is 0 Å². The molecule has 1 aromatic rings. The van der Waals surface area contributed by atoms with E-state index in [1.807, 2.05) is 45.9 Å². The van der Waals surface area contributed by atoms with Gasteiger partial charge < -0.3 is 15.6 Å². The normalized spacial score (nSPS) is 13.4. The molecule has 0 aliphatic heterocycles. The Morgan fingerprint density at radius 3 is 2.44 bits per heavy atom. The summed E-state index contributed by atoms with van der Waals surface area (Å²) in [6, 6.07) is 5.89. The third-order valence-electron chi connectivity index (χ3n) is 3.47. The fourth-order valence-corrected chi connectivity index (χ4v) is 1.82. The van der Waals surface area contributed by atoms with Gasteiger partial charge in [0.25, 0.3) is 0 Å². The fraction of sp³-hybridized carbons (Fsp3) is 0.600. The van der Waals surface area contributed by atoms with Crippen LogP contribution in [0.15, 0.2) is 18.2 Å². The molecule has 0 fully saturated rings. The molecule has 0 aliphatic carbocycles. The van der Waals surface area contributed by atoms with Gasteiger partial charge in [0.1, 0.15) is 12.4 Å². The maximum absolute atomic E-state index is 10.2. The van der Waals surface area contributed by atoms with Crippen LogP contribution in [0.2, 0.25) is 0 Å². The van der Waals surface area contributed by atoms with E-state index in [1.54, 1.807) is 0 Å². The first-order valence-electron chi connectivity index (χ1n) is 6.63. The second-order valence-corrected chi connectivity index (χ2v) is 5.05. The molecule has 1 aromatic carbocycles. The lowest BCUT2D eigenvalue weighted by atomic mass is 9.99.